The molecule has 0 radical (unpaired) electrons. The van der Waals surface area contributed by atoms with E-state index in [0.29, 0.717) is 56.3 Å². The number of ether oxygens (including phenoxy) is 2. The predicted octanol–water partition coefficient (Wildman–Crippen LogP) is 1.59. The Morgan fingerprint density at radius 3 is 2.22 bits per heavy atom. The van der Waals surface area contributed by atoms with Crippen LogP contribution in [0.4, 0.5) is 11.4 Å². The minimum absolute atomic E-state index is 0.0383. The molecule has 0 bridgehead atoms. The molecule has 0 spiro atoms. The number of anilines is 2. The standard InChI is InChI=1S/C23H28N4O5/c1-31-13-10-24-22(29)17-2-6-19(7-3-17)25-16-21(28)26-20-8-4-18(5-9-20)23(30)27-11-14-32-15-12-27/h2-9,25H,10-16H2,1H3,(H,24,29)(H,26,28). The molecule has 9 nitrogen and oxygen atoms in total. The summed E-state index contributed by atoms with van der Waals surface area (Å²) in [6, 6.07) is 13.7. The van der Waals surface area contributed by atoms with Crippen LogP contribution in [-0.4, -0.2) is 75.7 Å². The number of nitrogens with one attached hydrogen (secondary N) is 3. The van der Waals surface area contributed by atoms with Gasteiger partial charge in [-0.2, -0.15) is 0 Å². The third-order valence-corrected chi connectivity index (χ3v) is 4.91. The molecule has 3 amide bonds. The number of hydrogen-bond acceptors (Lipinski definition) is 6. The van der Waals surface area contributed by atoms with E-state index in [1.165, 1.54) is 0 Å². The Labute approximate surface area is 187 Å². The van der Waals surface area contributed by atoms with Gasteiger partial charge in [-0.05, 0) is 48.5 Å². The zero-order valence-electron chi connectivity index (χ0n) is 18.1. The first-order valence-corrected chi connectivity index (χ1v) is 10.4. The monoisotopic (exact) mass is 440 g/mol. The molecule has 0 saturated carbocycles. The van der Waals surface area contributed by atoms with E-state index < -0.39 is 0 Å². The molecule has 0 aromatic heterocycles. The van der Waals surface area contributed by atoms with Crippen LogP contribution < -0.4 is 16.0 Å². The molecule has 0 aliphatic carbocycles. The summed E-state index contributed by atoms with van der Waals surface area (Å²) >= 11 is 0. The second-order valence-electron chi connectivity index (χ2n) is 7.21. The van der Waals surface area contributed by atoms with Crippen LogP contribution in [0.2, 0.25) is 0 Å². The highest BCUT2D eigenvalue weighted by molar-refractivity contribution is 5.97. The molecule has 2 aromatic carbocycles. The number of rotatable bonds is 9. The number of carbonyl (C=O) groups is 3. The van der Waals surface area contributed by atoms with E-state index >= 15 is 0 Å². The lowest BCUT2D eigenvalue weighted by atomic mass is 10.1. The van der Waals surface area contributed by atoms with E-state index in [9.17, 15) is 14.4 Å². The summed E-state index contributed by atoms with van der Waals surface area (Å²) < 4.78 is 10.2. The summed E-state index contributed by atoms with van der Waals surface area (Å²) in [7, 11) is 1.57. The van der Waals surface area contributed by atoms with Crippen molar-refractivity contribution >= 4 is 29.1 Å². The third-order valence-electron chi connectivity index (χ3n) is 4.91. The lowest BCUT2D eigenvalue weighted by molar-refractivity contribution is -0.114. The molecule has 9 heteroatoms. The minimum atomic E-state index is -0.223. The number of amides is 3. The zero-order valence-corrected chi connectivity index (χ0v) is 18.1. The average molecular weight is 441 g/mol. The number of benzene rings is 2. The quantitative estimate of drug-likeness (QED) is 0.511. The third kappa shape index (κ3) is 6.79. The Morgan fingerprint density at radius 2 is 1.56 bits per heavy atom. The van der Waals surface area contributed by atoms with Crippen LogP contribution >= 0.6 is 0 Å². The van der Waals surface area contributed by atoms with Gasteiger partial charge in [-0.1, -0.05) is 0 Å². The maximum absolute atomic E-state index is 12.5. The fourth-order valence-electron chi connectivity index (χ4n) is 3.14. The molecular formula is C23H28N4O5. The Kier molecular flexibility index (Phi) is 8.59. The Hall–Kier alpha value is -3.43. The first kappa shape index (κ1) is 23.2. The second kappa shape index (κ2) is 11.8. The van der Waals surface area contributed by atoms with Gasteiger partial charge < -0.3 is 30.3 Å². The molecule has 0 unspecified atom stereocenters. The fourth-order valence-corrected chi connectivity index (χ4v) is 3.14. The van der Waals surface area contributed by atoms with Gasteiger partial charge in [0, 0.05) is 49.2 Å². The molecule has 1 heterocycles. The highest BCUT2D eigenvalue weighted by Gasteiger charge is 2.18. The van der Waals surface area contributed by atoms with Crippen molar-refractivity contribution in [1.82, 2.24) is 10.2 Å². The first-order valence-electron chi connectivity index (χ1n) is 10.4. The normalized spacial score (nSPS) is 13.3. The van der Waals surface area contributed by atoms with E-state index in [2.05, 4.69) is 16.0 Å². The van der Waals surface area contributed by atoms with Crippen molar-refractivity contribution in [1.29, 1.82) is 0 Å². The van der Waals surface area contributed by atoms with Gasteiger partial charge in [0.1, 0.15) is 0 Å². The van der Waals surface area contributed by atoms with Gasteiger partial charge in [0.15, 0.2) is 0 Å². The number of hydrogen-bond donors (Lipinski definition) is 3. The lowest BCUT2D eigenvalue weighted by Gasteiger charge is -2.26. The molecule has 170 valence electrons. The second-order valence-corrected chi connectivity index (χ2v) is 7.21. The van der Waals surface area contributed by atoms with Crippen molar-refractivity contribution in [2.45, 2.75) is 0 Å². The maximum Gasteiger partial charge on any atom is 0.254 e. The van der Waals surface area contributed by atoms with Crippen LogP contribution in [0, 0.1) is 0 Å². The lowest BCUT2D eigenvalue weighted by Crippen LogP contribution is -2.40. The van der Waals surface area contributed by atoms with Gasteiger partial charge in [0.05, 0.1) is 26.4 Å². The van der Waals surface area contributed by atoms with Crippen molar-refractivity contribution in [3.05, 3.63) is 59.7 Å². The summed E-state index contributed by atoms with van der Waals surface area (Å²) in [6.45, 7) is 3.23. The molecular weight excluding hydrogens is 412 g/mol. The van der Waals surface area contributed by atoms with Crippen LogP contribution in [-0.2, 0) is 14.3 Å². The Bertz CT molecular complexity index is 909. The number of morpholine rings is 1. The predicted molar refractivity (Wildman–Crippen MR) is 121 cm³/mol. The summed E-state index contributed by atoms with van der Waals surface area (Å²) in [4.78, 5) is 38.4. The van der Waals surface area contributed by atoms with E-state index in [4.69, 9.17) is 9.47 Å². The number of carbonyl (C=O) groups excluding carboxylic acids is 3. The van der Waals surface area contributed by atoms with Gasteiger partial charge in [-0.25, -0.2) is 0 Å². The molecule has 1 aliphatic heterocycles. The Balaban J connectivity index is 1.44. The zero-order chi connectivity index (χ0) is 22.8. The first-order chi connectivity index (χ1) is 15.6. The molecule has 1 fully saturated rings. The topological polar surface area (TPSA) is 109 Å². The van der Waals surface area contributed by atoms with Crippen LogP contribution in [0.3, 0.4) is 0 Å². The highest BCUT2D eigenvalue weighted by atomic mass is 16.5. The van der Waals surface area contributed by atoms with Crippen LogP contribution in [0.5, 0.6) is 0 Å². The van der Waals surface area contributed by atoms with E-state index in [-0.39, 0.29) is 24.3 Å². The summed E-state index contributed by atoms with van der Waals surface area (Å²) in [5.41, 5.74) is 2.44. The van der Waals surface area contributed by atoms with Crippen molar-refractivity contribution in [2.75, 3.05) is 63.7 Å². The molecule has 2 aromatic rings. The van der Waals surface area contributed by atoms with Crippen molar-refractivity contribution in [3.8, 4) is 0 Å². The smallest absolute Gasteiger partial charge is 0.254 e. The maximum atomic E-state index is 12.5. The van der Waals surface area contributed by atoms with Crippen molar-refractivity contribution in [3.63, 3.8) is 0 Å². The Morgan fingerprint density at radius 1 is 0.938 bits per heavy atom. The molecule has 1 saturated heterocycles. The summed E-state index contributed by atoms with van der Waals surface area (Å²) in [5, 5.41) is 8.56. The van der Waals surface area contributed by atoms with E-state index in [1.54, 1.807) is 60.5 Å². The van der Waals surface area contributed by atoms with Gasteiger partial charge in [0.25, 0.3) is 11.8 Å². The van der Waals surface area contributed by atoms with Gasteiger partial charge in [0.2, 0.25) is 5.91 Å². The van der Waals surface area contributed by atoms with E-state index in [0.717, 1.165) is 5.69 Å². The van der Waals surface area contributed by atoms with Crippen molar-refractivity contribution < 1.29 is 23.9 Å². The SMILES string of the molecule is COCCNC(=O)c1ccc(NCC(=O)Nc2ccc(C(=O)N3CCOCC3)cc2)cc1. The average Bonchev–Trinajstić information content (AvgIpc) is 2.84. The number of nitrogens with zero attached hydrogens (tertiary/aromatic N) is 1. The highest BCUT2D eigenvalue weighted by Crippen LogP contribution is 2.13. The van der Waals surface area contributed by atoms with Crippen LogP contribution in [0.15, 0.2) is 48.5 Å². The van der Waals surface area contributed by atoms with Gasteiger partial charge >= 0.3 is 0 Å². The largest absolute Gasteiger partial charge is 0.383 e. The van der Waals surface area contributed by atoms with Gasteiger partial charge in [-0.15, -0.1) is 0 Å². The molecule has 3 rings (SSSR count). The van der Waals surface area contributed by atoms with Crippen molar-refractivity contribution in [2.24, 2.45) is 0 Å². The summed E-state index contributed by atoms with van der Waals surface area (Å²) in [5.74, 6) is -0.441. The van der Waals surface area contributed by atoms with E-state index in [1.807, 2.05) is 0 Å². The fraction of sp³-hybridized carbons (Fsp3) is 0.348. The van der Waals surface area contributed by atoms with Crippen LogP contribution in [0.1, 0.15) is 20.7 Å². The molecule has 1 aliphatic rings. The molecule has 32 heavy (non-hydrogen) atoms. The van der Waals surface area contributed by atoms with Gasteiger partial charge in [-0.3, -0.25) is 14.4 Å². The number of methoxy groups -OCH3 is 1. The summed E-state index contributed by atoms with van der Waals surface area (Å²) in [6.07, 6.45) is 0. The minimum Gasteiger partial charge on any atom is -0.383 e. The van der Waals surface area contributed by atoms with Crippen LogP contribution in [0.25, 0.3) is 0 Å². The molecule has 0 atom stereocenters. The molecule has 3 N–H and O–H groups in total.